The molecule has 20 heavy (non-hydrogen) atoms. The predicted molar refractivity (Wildman–Crippen MR) is 64.5 cm³/mol. The molecule has 2 heterocycles. The molecule has 0 saturated carbocycles. The molecule has 0 aliphatic heterocycles. The molecule has 0 radical (unpaired) electrons. The van der Waals surface area contributed by atoms with E-state index in [4.69, 9.17) is 0 Å². The van der Waals surface area contributed by atoms with Crippen molar-refractivity contribution in [2.45, 2.75) is 6.54 Å². The van der Waals surface area contributed by atoms with Crippen molar-refractivity contribution >= 4 is 5.91 Å². The van der Waals surface area contributed by atoms with Crippen LogP contribution >= 0.6 is 0 Å². The minimum atomic E-state index is -0.224. The van der Waals surface area contributed by atoms with Crippen LogP contribution in [0.5, 0.6) is 0 Å². The van der Waals surface area contributed by atoms with E-state index in [2.05, 4.69) is 41.5 Å². The Balaban J connectivity index is 1.66. The van der Waals surface area contributed by atoms with Crippen LogP contribution in [0.4, 0.5) is 0 Å². The molecule has 0 atom stereocenters. The number of carbonyl (C=O) groups is 1. The quantitative estimate of drug-likeness (QED) is 0.629. The monoisotopic (exact) mass is 271 g/mol. The highest BCUT2D eigenvalue weighted by molar-refractivity contribution is 5.94. The van der Waals surface area contributed by atoms with Crippen molar-refractivity contribution in [3.8, 4) is 5.69 Å². The highest BCUT2D eigenvalue weighted by Crippen LogP contribution is 2.07. The number of hydrogen-bond donors (Lipinski definition) is 2. The molecule has 0 bridgehead atoms. The number of aromatic amines is 1. The zero-order valence-electron chi connectivity index (χ0n) is 10.1. The van der Waals surface area contributed by atoms with Crippen LogP contribution in [0.15, 0.2) is 30.6 Å². The summed E-state index contributed by atoms with van der Waals surface area (Å²) in [6, 6.07) is 6.87. The van der Waals surface area contributed by atoms with Crippen LogP contribution in [0.1, 0.15) is 16.2 Å². The van der Waals surface area contributed by atoms with Crippen LogP contribution in [-0.4, -0.2) is 46.7 Å². The SMILES string of the molecule is O=C(NCc1nn[nH]n1)c1ccc(-n2cnnn2)cc1. The second kappa shape index (κ2) is 5.22. The summed E-state index contributed by atoms with van der Waals surface area (Å²) >= 11 is 0. The number of tetrazole rings is 2. The van der Waals surface area contributed by atoms with Gasteiger partial charge in [-0.15, -0.1) is 15.3 Å². The third-order valence-corrected chi connectivity index (χ3v) is 2.54. The molecule has 0 saturated heterocycles. The zero-order chi connectivity index (χ0) is 13.8. The fourth-order valence-corrected chi connectivity index (χ4v) is 1.56. The lowest BCUT2D eigenvalue weighted by molar-refractivity contribution is 0.0950. The molecule has 0 fully saturated rings. The molecule has 2 N–H and O–H groups in total. The maximum Gasteiger partial charge on any atom is 0.251 e. The molecule has 0 unspecified atom stereocenters. The summed E-state index contributed by atoms with van der Waals surface area (Å²) in [5, 5.41) is 26.7. The Morgan fingerprint density at radius 3 is 2.80 bits per heavy atom. The fraction of sp³-hybridized carbons (Fsp3) is 0.100. The largest absolute Gasteiger partial charge is 0.345 e. The number of amides is 1. The molecule has 2 aromatic heterocycles. The number of nitrogens with zero attached hydrogens (tertiary/aromatic N) is 7. The third kappa shape index (κ3) is 2.48. The van der Waals surface area contributed by atoms with E-state index in [1.165, 1.54) is 11.0 Å². The summed E-state index contributed by atoms with van der Waals surface area (Å²) in [6.45, 7) is 0.212. The molecule has 3 rings (SSSR count). The van der Waals surface area contributed by atoms with Crippen LogP contribution in [-0.2, 0) is 6.54 Å². The van der Waals surface area contributed by atoms with E-state index >= 15 is 0 Å². The first-order chi connectivity index (χ1) is 9.83. The summed E-state index contributed by atoms with van der Waals surface area (Å²) in [7, 11) is 0. The van der Waals surface area contributed by atoms with Gasteiger partial charge in [-0.05, 0) is 34.7 Å². The van der Waals surface area contributed by atoms with Crippen molar-refractivity contribution in [1.29, 1.82) is 0 Å². The molecule has 1 aromatic carbocycles. The van der Waals surface area contributed by atoms with Crippen molar-refractivity contribution in [1.82, 2.24) is 46.1 Å². The number of H-pyrrole nitrogens is 1. The lowest BCUT2D eigenvalue weighted by Crippen LogP contribution is -2.23. The van der Waals surface area contributed by atoms with Gasteiger partial charge < -0.3 is 5.32 Å². The highest BCUT2D eigenvalue weighted by atomic mass is 16.1. The average Bonchev–Trinajstić information content (AvgIpc) is 3.18. The molecule has 10 nitrogen and oxygen atoms in total. The molecule has 100 valence electrons. The van der Waals surface area contributed by atoms with E-state index in [9.17, 15) is 4.79 Å². The van der Waals surface area contributed by atoms with E-state index in [0.717, 1.165) is 5.69 Å². The van der Waals surface area contributed by atoms with Crippen LogP contribution in [0.3, 0.4) is 0 Å². The second-order valence-corrected chi connectivity index (χ2v) is 3.81. The number of carbonyl (C=O) groups excluding carboxylic acids is 1. The molecule has 10 heteroatoms. The maximum absolute atomic E-state index is 11.9. The van der Waals surface area contributed by atoms with Gasteiger partial charge in [-0.1, -0.05) is 5.21 Å². The van der Waals surface area contributed by atoms with Gasteiger partial charge in [0.05, 0.1) is 12.2 Å². The van der Waals surface area contributed by atoms with Crippen molar-refractivity contribution in [2.24, 2.45) is 0 Å². The van der Waals surface area contributed by atoms with Crippen LogP contribution in [0.25, 0.3) is 5.69 Å². The standard InChI is InChI=1S/C10H9N9O/c20-10(11-5-9-13-16-17-14-9)7-1-3-8(4-2-7)19-6-12-15-18-19/h1-4,6H,5H2,(H,11,20)(H,13,14,16,17). The highest BCUT2D eigenvalue weighted by Gasteiger charge is 2.07. The van der Waals surface area contributed by atoms with Crippen molar-refractivity contribution in [2.75, 3.05) is 0 Å². The summed E-state index contributed by atoms with van der Waals surface area (Å²) in [5.41, 5.74) is 1.29. The minimum Gasteiger partial charge on any atom is -0.345 e. The van der Waals surface area contributed by atoms with E-state index in [1.807, 2.05) is 0 Å². The van der Waals surface area contributed by atoms with Crippen LogP contribution in [0, 0.1) is 0 Å². The maximum atomic E-state index is 11.9. The Morgan fingerprint density at radius 1 is 1.30 bits per heavy atom. The van der Waals surface area contributed by atoms with E-state index in [0.29, 0.717) is 11.4 Å². The Bertz CT molecular complexity index is 674. The third-order valence-electron chi connectivity index (χ3n) is 2.54. The van der Waals surface area contributed by atoms with Gasteiger partial charge in [0.15, 0.2) is 5.82 Å². The van der Waals surface area contributed by atoms with Gasteiger partial charge in [0, 0.05) is 5.56 Å². The molecular formula is C10H9N9O. The van der Waals surface area contributed by atoms with Crippen LogP contribution in [0.2, 0.25) is 0 Å². The fourth-order valence-electron chi connectivity index (χ4n) is 1.56. The minimum absolute atomic E-state index is 0.212. The molecule has 0 aliphatic rings. The topological polar surface area (TPSA) is 127 Å². The van der Waals surface area contributed by atoms with Gasteiger partial charge in [-0.3, -0.25) is 4.79 Å². The number of hydrogen-bond acceptors (Lipinski definition) is 7. The summed E-state index contributed by atoms with van der Waals surface area (Å²) < 4.78 is 1.50. The molecule has 0 aliphatic carbocycles. The van der Waals surface area contributed by atoms with Gasteiger partial charge in [0.2, 0.25) is 0 Å². The van der Waals surface area contributed by atoms with Gasteiger partial charge in [0.1, 0.15) is 6.33 Å². The number of nitrogens with one attached hydrogen (secondary N) is 2. The van der Waals surface area contributed by atoms with E-state index < -0.39 is 0 Å². The summed E-state index contributed by atoms with van der Waals surface area (Å²) in [5.74, 6) is 0.196. The molecule has 3 aromatic rings. The predicted octanol–water partition coefficient (Wildman–Crippen LogP) is -0.895. The van der Waals surface area contributed by atoms with Crippen molar-refractivity contribution < 1.29 is 4.79 Å². The van der Waals surface area contributed by atoms with Crippen molar-refractivity contribution in [3.63, 3.8) is 0 Å². The normalized spacial score (nSPS) is 10.4. The first-order valence-electron chi connectivity index (χ1n) is 5.67. The lowest BCUT2D eigenvalue weighted by atomic mass is 10.2. The van der Waals surface area contributed by atoms with Crippen molar-refractivity contribution in [3.05, 3.63) is 42.0 Å². The summed E-state index contributed by atoms with van der Waals surface area (Å²) in [6.07, 6.45) is 1.48. The van der Waals surface area contributed by atoms with Crippen LogP contribution < -0.4 is 5.32 Å². The number of rotatable bonds is 4. The smallest absolute Gasteiger partial charge is 0.251 e. The Kier molecular flexibility index (Phi) is 3.10. The summed E-state index contributed by atoms with van der Waals surface area (Å²) in [4.78, 5) is 11.9. The van der Waals surface area contributed by atoms with Gasteiger partial charge in [0.25, 0.3) is 5.91 Å². The van der Waals surface area contributed by atoms with Gasteiger partial charge in [-0.2, -0.15) is 5.21 Å². The first-order valence-corrected chi connectivity index (χ1v) is 5.67. The first kappa shape index (κ1) is 11.9. The number of aromatic nitrogens is 8. The second-order valence-electron chi connectivity index (χ2n) is 3.81. The Labute approximate surface area is 112 Å². The Hall–Kier alpha value is -3.17. The molecule has 1 amide bonds. The lowest BCUT2D eigenvalue weighted by Gasteiger charge is -2.04. The number of benzene rings is 1. The van der Waals surface area contributed by atoms with Gasteiger partial charge >= 0.3 is 0 Å². The Morgan fingerprint density at radius 2 is 2.15 bits per heavy atom. The van der Waals surface area contributed by atoms with E-state index in [-0.39, 0.29) is 12.5 Å². The van der Waals surface area contributed by atoms with Gasteiger partial charge in [-0.25, -0.2) is 4.68 Å². The zero-order valence-corrected chi connectivity index (χ0v) is 10.1. The molecular weight excluding hydrogens is 262 g/mol. The molecule has 0 spiro atoms. The average molecular weight is 271 g/mol. The van der Waals surface area contributed by atoms with E-state index in [1.54, 1.807) is 24.3 Å².